The van der Waals surface area contributed by atoms with Crippen molar-refractivity contribution in [3.05, 3.63) is 13.7 Å². The summed E-state index contributed by atoms with van der Waals surface area (Å²) in [5.41, 5.74) is 1.23. The molecule has 0 N–H and O–H groups in total. The predicted molar refractivity (Wildman–Crippen MR) is 67.8 cm³/mol. The van der Waals surface area contributed by atoms with Gasteiger partial charge in [0.25, 0.3) is 0 Å². The molecule has 2 rings (SSSR count). The quantitative estimate of drug-likeness (QED) is 0.335. The summed E-state index contributed by atoms with van der Waals surface area (Å²) in [5, 5.41) is 0.347. The van der Waals surface area contributed by atoms with Crippen molar-refractivity contribution in [1.29, 1.82) is 0 Å². The van der Waals surface area contributed by atoms with E-state index in [9.17, 15) is 0 Å². The largest absolute Gasteiger partial charge is 0.364 e. The summed E-state index contributed by atoms with van der Waals surface area (Å²) in [6.07, 6.45) is 0. The molecule has 0 saturated heterocycles. The lowest BCUT2D eigenvalue weighted by Gasteiger charge is -2.02. The summed E-state index contributed by atoms with van der Waals surface area (Å²) in [5.74, 6) is 0. The first kappa shape index (κ1) is 11.5. The minimum atomic E-state index is 0.347. The highest BCUT2D eigenvalue weighted by Crippen LogP contribution is 2.24. The van der Waals surface area contributed by atoms with Gasteiger partial charge in [0.1, 0.15) is 12.2 Å². The van der Waals surface area contributed by atoms with Crippen LogP contribution in [-0.4, -0.2) is 26.6 Å². The van der Waals surface area contributed by atoms with E-state index in [1.54, 1.807) is 11.7 Å². The average molecular weight is 403 g/mol. The zero-order valence-corrected chi connectivity index (χ0v) is 12.0. The monoisotopic (exact) mass is 402 g/mol. The van der Waals surface area contributed by atoms with E-state index in [0.717, 1.165) is 0 Å². The molecule has 2 heterocycles. The molecule has 2 aromatic rings. The maximum absolute atomic E-state index is 5.95. The Bertz CT molecular complexity index is 517. The van der Waals surface area contributed by atoms with E-state index in [1.807, 2.05) is 22.6 Å². The van der Waals surface area contributed by atoms with E-state index in [2.05, 4.69) is 30.9 Å². The lowest BCUT2D eigenvalue weighted by atomic mass is 10.5. The third kappa shape index (κ3) is 2.10. The van der Waals surface area contributed by atoms with Crippen LogP contribution in [0.4, 0.5) is 0 Å². The van der Waals surface area contributed by atoms with Crippen LogP contribution in [-0.2, 0) is 11.5 Å². The van der Waals surface area contributed by atoms with Gasteiger partial charge in [0.2, 0.25) is 0 Å². The molecule has 0 radical (unpaired) electrons. The maximum Gasteiger partial charge on any atom is 0.194 e. The van der Waals surface area contributed by atoms with Crippen LogP contribution in [0.2, 0.25) is 5.15 Å². The van der Waals surface area contributed by atoms with Gasteiger partial charge in [-0.3, -0.25) is 4.57 Å². The highest BCUT2D eigenvalue weighted by atomic mass is 127. The number of imidazole rings is 1. The number of methoxy groups -OCH3 is 1. The van der Waals surface area contributed by atoms with Gasteiger partial charge in [0.05, 0.1) is 0 Å². The summed E-state index contributed by atoms with van der Waals surface area (Å²) in [4.78, 5) is 12.5. The van der Waals surface area contributed by atoms with E-state index in [4.69, 9.17) is 16.3 Å². The molecule has 2 aromatic heterocycles. The number of nitrogens with zero attached hydrogens (tertiary/aromatic N) is 4. The van der Waals surface area contributed by atoms with E-state index >= 15 is 0 Å². The third-order valence-corrected chi connectivity index (χ3v) is 3.09. The second-order valence-corrected chi connectivity index (χ2v) is 4.71. The van der Waals surface area contributed by atoms with Crippen LogP contribution in [0.15, 0.2) is 4.73 Å². The Morgan fingerprint density at radius 2 is 2.20 bits per heavy atom. The number of fused-ring (bicyclic) bond motifs is 1. The molecular formula is C7H5BrClIN4O. The number of hydrogen-bond donors (Lipinski definition) is 0. The Balaban J connectivity index is 2.74. The van der Waals surface area contributed by atoms with Crippen molar-refractivity contribution in [2.75, 3.05) is 7.11 Å². The Labute approximate surface area is 112 Å². The van der Waals surface area contributed by atoms with E-state index < -0.39 is 0 Å². The molecule has 0 atom stereocenters. The summed E-state index contributed by atoms with van der Waals surface area (Å²) in [6, 6.07) is 0. The number of hydrogen-bond acceptors (Lipinski definition) is 4. The van der Waals surface area contributed by atoms with Crippen LogP contribution in [0, 0.1) is 3.83 Å². The maximum atomic E-state index is 5.95. The van der Waals surface area contributed by atoms with Crippen molar-refractivity contribution < 1.29 is 4.74 Å². The first-order chi connectivity index (χ1) is 7.13. The number of rotatable bonds is 2. The standard InChI is InChI=1S/C7H5BrClIN4O/c1-15-2-14-5-3(11-6(14)8)4(9)12-7(10)13-5/h2H2,1H3. The van der Waals surface area contributed by atoms with Crippen molar-refractivity contribution >= 4 is 61.3 Å². The molecule has 0 aliphatic carbocycles. The minimum Gasteiger partial charge on any atom is -0.364 e. The highest BCUT2D eigenvalue weighted by molar-refractivity contribution is 14.1. The fraction of sp³-hybridized carbons (Fsp3) is 0.286. The fourth-order valence-electron chi connectivity index (χ4n) is 1.16. The first-order valence-electron chi connectivity index (χ1n) is 3.87. The molecule has 5 nitrogen and oxygen atoms in total. The van der Waals surface area contributed by atoms with Gasteiger partial charge in [-0.15, -0.1) is 0 Å². The molecule has 0 spiro atoms. The summed E-state index contributed by atoms with van der Waals surface area (Å²) in [6.45, 7) is 0.362. The average Bonchev–Trinajstić information content (AvgIpc) is 2.46. The molecule has 0 fully saturated rings. The molecule has 0 unspecified atom stereocenters. The van der Waals surface area contributed by atoms with Crippen molar-refractivity contribution in [3.63, 3.8) is 0 Å². The molecule has 80 valence electrons. The van der Waals surface area contributed by atoms with Gasteiger partial charge in [-0.2, -0.15) is 0 Å². The van der Waals surface area contributed by atoms with E-state index in [-0.39, 0.29) is 0 Å². The fourth-order valence-corrected chi connectivity index (χ4v) is 2.43. The number of ether oxygens (including phenoxy) is 1. The Kier molecular flexibility index (Phi) is 3.43. The van der Waals surface area contributed by atoms with Crippen molar-refractivity contribution in [1.82, 2.24) is 19.5 Å². The van der Waals surface area contributed by atoms with E-state index in [0.29, 0.717) is 31.6 Å². The van der Waals surface area contributed by atoms with Gasteiger partial charge >= 0.3 is 0 Å². The summed E-state index contributed by atoms with van der Waals surface area (Å²) < 4.78 is 8.01. The van der Waals surface area contributed by atoms with Crippen LogP contribution in [0.1, 0.15) is 0 Å². The number of aromatic nitrogens is 4. The van der Waals surface area contributed by atoms with Gasteiger partial charge in [0.15, 0.2) is 19.4 Å². The van der Waals surface area contributed by atoms with Gasteiger partial charge in [-0.1, -0.05) is 11.6 Å². The van der Waals surface area contributed by atoms with Crippen LogP contribution in [0.5, 0.6) is 0 Å². The summed E-state index contributed by atoms with van der Waals surface area (Å²) >= 11 is 11.3. The van der Waals surface area contributed by atoms with E-state index in [1.165, 1.54) is 0 Å². The van der Waals surface area contributed by atoms with Gasteiger partial charge in [-0.25, -0.2) is 15.0 Å². The Hall–Kier alpha value is 0.01000. The molecule has 0 aromatic carbocycles. The molecule has 8 heteroatoms. The molecule has 0 saturated carbocycles. The zero-order valence-electron chi connectivity index (χ0n) is 7.54. The summed E-state index contributed by atoms with van der Waals surface area (Å²) in [7, 11) is 1.60. The minimum absolute atomic E-state index is 0.347. The molecule has 0 bridgehead atoms. The van der Waals surface area contributed by atoms with Crippen molar-refractivity contribution in [2.45, 2.75) is 6.73 Å². The first-order valence-corrected chi connectivity index (χ1v) is 6.12. The topological polar surface area (TPSA) is 52.8 Å². The lowest BCUT2D eigenvalue weighted by Crippen LogP contribution is -2.02. The van der Waals surface area contributed by atoms with Crippen LogP contribution in [0.3, 0.4) is 0 Å². The second-order valence-electron chi connectivity index (χ2n) is 2.68. The molecule has 0 aliphatic heterocycles. The normalized spacial score (nSPS) is 11.2. The highest BCUT2D eigenvalue weighted by Gasteiger charge is 2.14. The Morgan fingerprint density at radius 3 is 2.87 bits per heavy atom. The Morgan fingerprint density at radius 1 is 1.47 bits per heavy atom. The van der Waals surface area contributed by atoms with Gasteiger partial charge < -0.3 is 4.74 Å². The number of halogens is 3. The van der Waals surface area contributed by atoms with Crippen molar-refractivity contribution in [2.24, 2.45) is 0 Å². The zero-order chi connectivity index (χ0) is 11.0. The molecule has 0 amide bonds. The van der Waals surface area contributed by atoms with Crippen LogP contribution < -0.4 is 0 Å². The molecule has 15 heavy (non-hydrogen) atoms. The molecule has 0 aliphatic rings. The van der Waals surface area contributed by atoms with Gasteiger partial charge in [0, 0.05) is 29.7 Å². The second kappa shape index (κ2) is 4.48. The lowest BCUT2D eigenvalue weighted by molar-refractivity contribution is 0.132. The molecular weight excluding hydrogens is 398 g/mol. The van der Waals surface area contributed by atoms with Crippen molar-refractivity contribution in [3.8, 4) is 0 Å². The van der Waals surface area contributed by atoms with Crippen LogP contribution >= 0.6 is 50.1 Å². The van der Waals surface area contributed by atoms with Crippen LogP contribution in [0.25, 0.3) is 11.2 Å². The SMILES string of the molecule is COCn1c(Br)nc2c(Cl)nc(I)nc21. The smallest absolute Gasteiger partial charge is 0.194 e. The predicted octanol–water partition coefficient (Wildman–Crippen LogP) is 2.45. The third-order valence-electron chi connectivity index (χ3n) is 1.74. The van der Waals surface area contributed by atoms with Gasteiger partial charge in [-0.05, 0) is 15.9 Å².